The Morgan fingerprint density at radius 2 is 1.76 bits per heavy atom. The van der Waals surface area contributed by atoms with Gasteiger partial charge in [-0.25, -0.2) is 0 Å². The van der Waals surface area contributed by atoms with Crippen LogP contribution in [0.3, 0.4) is 0 Å². The van der Waals surface area contributed by atoms with Crippen molar-refractivity contribution in [3.05, 3.63) is 69.4 Å². The Kier molecular flexibility index (Phi) is 8.05. The van der Waals surface area contributed by atoms with Crippen LogP contribution in [0.5, 0.6) is 23.0 Å². The first-order valence-corrected chi connectivity index (χ1v) is 11.4. The summed E-state index contributed by atoms with van der Waals surface area (Å²) in [5.74, 6) is 0.0353. The molecule has 6 heteroatoms. The van der Waals surface area contributed by atoms with E-state index in [9.17, 15) is 20.1 Å². The number of methoxy groups -OCH3 is 1. The zero-order valence-electron chi connectivity index (χ0n) is 20.1. The summed E-state index contributed by atoms with van der Waals surface area (Å²) in [6.07, 6.45) is 8.28. The first kappa shape index (κ1) is 25.0. The molecule has 0 saturated heterocycles. The summed E-state index contributed by atoms with van der Waals surface area (Å²) in [6.45, 7) is 6.28. The molecule has 0 amide bonds. The van der Waals surface area contributed by atoms with Crippen LogP contribution in [0.1, 0.15) is 52.0 Å². The van der Waals surface area contributed by atoms with Gasteiger partial charge in [-0.2, -0.15) is 0 Å². The van der Waals surface area contributed by atoms with E-state index in [1.54, 1.807) is 0 Å². The lowest BCUT2D eigenvalue weighted by Gasteiger charge is -2.13. The summed E-state index contributed by atoms with van der Waals surface area (Å²) >= 11 is 0. The highest BCUT2D eigenvalue weighted by Gasteiger charge is 2.21. The van der Waals surface area contributed by atoms with E-state index in [2.05, 4.69) is 32.9 Å². The quantitative estimate of drug-likeness (QED) is 0.244. The minimum Gasteiger partial charge on any atom is -0.508 e. The molecule has 0 fully saturated rings. The third-order valence-electron chi connectivity index (χ3n) is 5.72. The van der Waals surface area contributed by atoms with Crippen molar-refractivity contribution in [1.29, 1.82) is 0 Å². The highest BCUT2D eigenvalue weighted by atomic mass is 16.5. The Hall–Kier alpha value is -3.67. The van der Waals surface area contributed by atoms with Crippen LogP contribution in [-0.2, 0) is 6.42 Å². The van der Waals surface area contributed by atoms with E-state index in [4.69, 9.17) is 9.15 Å². The van der Waals surface area contributed by atoms with E-state index < -0.39 is 0 Å². The lowest BCUT2D eigenvalue weighted by Crippen LogP contribution is -2.12. The monoisotopic (exact) mass is 464 g/mol. The van der Waals surface area contributed by atoms with Gasteiger partial charge in [0.05, 0.1) is 12.7 Å². The second-order valence-electron chi connectivity index (χ2n) is 8.72. The molecule has 3 N–H and O–H groups in total. The fourth-order valence-corrected chi connectivity index (χ4v) is 3.90. The van der Waals surface area contributed by atoms with Crippen molar-refractivity contribution in [3.8, 4) is 34.3 Å². The van der Waals surface area contributed by atoms with E-state index in [-0.39, 0.29) is 39.4 Å². The van der Waals surface area contributed by atoms with Gasteiger partial charge in [0.15, 0.2) is 5.43 Å². The van der Waals surface area contributed by atoms with Crippen LogP contribution in [0.25, 0.3) is 22.3 Å². The predicted molar refractivity (Wildman–Crippen MR) is 135 cm³/mol. The van der Waals surface area contributed by atoms with Crippen LogP contribution in [-0.4, -0.2) is 22.4 Å². The average molecular weight is 465 g/mol. The number of hydrogen-bond donors (Lipinski definition) is 3. The zero-order chi connectivity index (χ0) is 24.8. The summed E-state index contributed by atoms with van der Waals surface area (Å²) in [5, 5.41) is 30.7. The van der Waals surface area contributed by atoms with E-state index >= 15 is 0 Å². The number of aromatic hydroxyl groups is 3. The first-order chi connectivity index (χ1) is 16.2. The summed E-state index contributed by atoms with van der Waals surface area (Å²) < 4.78 is 11.2. The molecule has 0 saturated carbocycles. The van der Waals surface area contributed by atoms with Gasteiger partial charge in [0.25, 0.3) is 0 Å². The summed E-state index contributed by atoms with van der Waals surface area (Å²) in [7, 11) is 1.45. The van der Waals surface area contributed by atoms with Crippen molar-refractivity contribution in [2.75, 3.05) is 7.11 Å². The number of ether oxygens (including phenoxy) is 1. The summed E-state index contributed by atoms with van der Waals surface area (Å²) in [4.78, 5) is 13.4. The van der Waals surface area contributed by atoms with E-state index in [1.807, 2.05) is 0 Å². The minimum absolute atomic E-state index is 0.0752. The first-order valence-electron chi connectivity index (χ1n) is 11.4. The number of allylic oxidation sites excluding steroid dienone is 4. The van der Waals surface area contributed by atoms with Gasteiger partial charge < -0.3 is 24.5 Å². The smallest absolute Gasteiger partial charge is 0.200 e. The molecule has 0 bridgehead atoms. The summed E-state index contributed by atoms with van der Waals surface area (Å²) in [5.41, 5.74) is 3.06. The molecular weight excluding hydrogens is 432 g/mol. The lowest BCUT2D eigenvalue weighted by atomic mass is 9.98. The van der Waals surface area contributed by atoms with Crippen molar-refractivity contribution >= 4 is 11.0 Å². The molecule has 0 atom stereocenters. The Morgan fingerprint density at radius 1 is 1.00 bits per heavy atom. The molecule has 2 aromatic carbocycles. The van der Waals surface area contributed by atoms with Gasteiger partial charge in [0, 0.05) is 23.8 Å². The number of fused-ring (bicyclic) bond motifs is 1. The largest absolute Gasteiger partial charge is 0.508 e. The molecule has 0 spiro atoms. The molecule has 3 rings (SSSR count). The van der Waals surface area contributed by atoms with Crippen molar-refractivity contribution in [3.63, 3.8) is 0 Å². The molecule has 0 aliphatic heterocycles. The molecule has 0 aliphatic rings. The van der Waals surface area contributed by atoms with Gasteiger partial charge in [0.2, 0.25) is 0 Å². The van der Waals surface area contributed by atoms with Crippen LogP contribution in [0.15, 0.2) is 62.8 Å². The van der Waals surface area contributed by atoms with Gasteiger partial charge in [0.1, 0.15) is 39.7 Å². The minimum atomic E-state index is -0.354. The van der Waals surface area contributed by atoms with Crippen molar-refractivity contribution < 1.29 is 24.5 Å². The van der Waals surface area contributed by atoms with Gasteiger partial charge >= 0.3 is 0 Å². The Bertz CT molecular complexity index is 1290. The molecule has 3 aromatic rings. The normalized spacial score (nSPS) is 11.6. The number of unbranched alkanes of at least 4 members (excludes halogenated alkanes) is 1. The molecule has 34 heavy (non-hydrogen) atoms. The maximum absolute atomic E-state index is 13.4. The molecular formula is C28H32O6. The van der Waals surface area contributed by atoms with Gasteiger partial charge in [-0.15, -0.1) is 0 Å². The van der Waals surface area contributed by atoms with Crippen LogP contribution in [0, 0.1) is 0 Å². The number of phenols is 3. The highest BCUT2D eigenvalue weighted by Crippen LogP contribution is 2.37. The van der Waals surface area contributed by atoms with E-state index in [0.29, 0.717) is 29.7 Å². The van der Waals surface area contributed by atoms with Crippen LogP contribution < -0.4 is 10.2 Å². The van der Waals surface area contributed by atoms with Crippen molar-refractivity contribution in [2.24, 2.45) is 0 Å². The number of phenolic OH excluding ortho intramolecular Hbond substituents is 3. The second-order valence-corrected chi connectivity index (χ2v) is 8.72. The predicted octanol–water partition coefficient (Wildman–Crippen LogP) is 6.60. The standard InChI is InChI=1S/C28H32O6/c1-17(2)8-7-10-18(3)9-5-6-11-22-27(32)26-24(31)15-20(33-4)16-25(26)34-28(22)21-13-12-19(29)14-23(21)30/h8-9,12-16,29-31H,5-7,10-11H2,1-4H3/b18-9+. The number of hydrogen-bond acceptors (Lipinski definition) is 6. The van der Waals surface area contributed by atoms with Crippen molar-refractivity contribution in [2.45, 2.75) is 52.9 Å². The molecule has 0 radical (unpaired) electrons. The average Bonchev–Trinajstić information content (AvgIpc) is 2.77. The maximum atomic E-state index is 13.4. The molecule has 1 heterocycles. The Balaban J connectivity index is 1.98. The van der Waals surface area contributed by atoms with Crippen LogP contribution in [0.2, 0.25) is 0 Å². The van der Waals surface area contributed by atoms with Gasteiger partial charge in [-0.1, -0.05) is 23.3 Å². The Morgan fingerprint density at radius 3 is 2.44 bits per heavy atom. The topological polar surface area (TPSA) is 100 Å². The van der Waals surface area contributed by atoms with Gasteiger partial charge in [-0.3, -0.25) is 4.79 Å². The SMILES string of the molecule is COc1cc(O)c2c(=O)c(CCC/C=C(\C)CCC=C(C)C)c(-c3ccc(O)cc3O)oc2c1. The van der Waals surface area contributed by atoms with Crippen LogP contribution in [0.4, 0.5) is 0 Å². The van der Waals surface area contributed by atoms with Crippen LogP contribution >= 0.6 is 0 Å². The second kappa shape index (κ2) is 11.0. The maximum Gasteiger partial charge on any atom is 0.200 e. The molecule has 180 valence electrons. The molecule has 0 aliphatic carbocycles. The fraction of sp³-hybridized carbons (Fsp3) is 0.321. The Labute approximate surface area is 199 Å². The van der Waals surface area contributed by atoms with E-state index in [0.717, 1.165) is 19.3 Å². The highest BCUT2D eigenvalue weighted by molar-refractivity contribution is 5.87. The lowest BCUT2D eigenvalue weighted by molar-refractivity contribution is 0.408. The summed E-state index contributed by atoms with van der Waals surface area (Å²) in [6, 6.07) is 7.03. The molecule has 0 unspecified atom stereocenters. The van der Waals surface area contributed by atoms with Gasteiger partial charge in [-0.05, 0) is 65.0 Å². The zero-order valence-corrected chi connectivity index (χ0v) is 20.1. The fourth-order valence-electron chi connectivity index (χ4n) is 3.90. The van der Waals surface area contributed by atoms with Crippen molar-refractivity contribution in [1.82, 2.24) is 0 Å². The third-order valence-corrected chi connectivity index (χ3v) is 5.72. The third kappa shape index (κ3) is 5.81. The number of benzene rings is 2. The number of rotatable bonds is 9. The van der Waals surface area contributed by atoms with E-state index in [1.165, 1.54) is 48.6 Å². The molecule has 1 aromatic heterocycles. The molecule has 6 nitrogen and oxygen atoms in total.